The van der Waals surface area contributed by atoms with Gasteiger partial charge in [0.2, 0.25) is 5.91 Å². The number of hydrogen-bond acceptors (Lipinski definition) is 5. The van der Waals surface area contributed by atoms with Gasteiger partial charge in [-0.25, -0.2) is 0 Å². The molecule has 260 valence electrons. The van der Waals surface area contributed by atoms with Crippen molar-refractivity contribution in [2.75, 3.05) is 26.3 Å². The number of carbonyl (C=O) groups is 2. The van der Waals surface area contributed by atoms with Crippen LogP contribution in [-0.4, -0.2) is 55.2 Å². The first-order chi connectivity index (χ1) is 23.2. The molecule has 2 aromatic carbocycles. The molecule has 7 nitrogen and oxygen atoms in total. The summed E-state index contributed by atoms with van der Waals surface area (Å²) < 4.78 is 11.6. The van der Waals surface area contributed by atoms with Gasteiger partial charge >= 0.3 is 0 Å². The molecular formula is C42H53N3O4. The van der Waals surface area contributed by atoms with Gasteiger partial charge in [0.1, 0.15) is 17.9 Å². The number of ether oxygens (including phenoxy) is 2. The Morgan fingerprint density at radius 1 is 1.06 bits per heavy atom. The van der Waals surface area contributed by atoms with Crippen LogP contribution in [0.4, 0.5) is 0 Å². The molecule has 2 amide bonds. The molecule has 0 bridgehead atoms. The molecule has 2 aromatic rings. The molecular weight excluding hydrogens is 610 g/mol. The van der Waals surface area contributed by atoms with Crippen molar-refractivity contribution in [3.05, 3.63) is 100 Å². The molecule has 2 heterocycles. The van der Waals surface area contributed by atoms with Gasteiger partial charge in [-0.1, -0.05) is 71.6 Å². The van der Waals surface area contributed by atoms with Crippen molar-refractivity contribution in [2.45, 2.75) is 86.8 Å². The second-order valence-corrected chi connectivity index (χ2v) is 14.9. The van der Waals surface area contributed by atoms with Crippen LogP contribution in [-0.2, 0) is 9.53 Å². The summed E-state index contributed by atoms with van der Waals surface area (Å²) >= 11 is 0. The number of likely N-dealkylation sites (tertiary alicyclic amines) is 1. The Morgan fingerprint density at radius 3 is 2.33 bits per heavy atom. The lowest BCUT2D eigenvalue weighted by Gasteiger charge is -2.24. The number of nitriles is 1. The molecule has 2 unspecified atom stereocenters. The van der Waals surface area contributed by atoms with Crippen molar-refractivity contribution in [3.63, 3.8) is 0 Å². The quantitative estimate of drug-likeness (QED) is 0.286. The summed E-state index contributed by atoms with van der Waals surface area (Å²) in [6.07, 6.45) is 8.48. The summed E-state index contributed by atoms with van der Waals surface area (Å²) in [6.45, 7) is 23.2. The summed E-state index contributed by atoms with van der Waals surface area (Å²) in [5.74, 6) is 0.609. The fraction of sp³-hybridized carbons (Fsp3) is 0.452. The lowest BCUT2D eigenvalue weighted by atomic mass is 9.83. The van der Waals surface area contributed by atoms with Gasteiger partial charge in [0.15, 0.2) is 0 Å². The minimum Gasteiger partial charge on any atom is -0.489 e. The van der Waals surface area contributed by atoms with Crippen LogP contribution >= 0.6 is 0 Å². The van der Waals surface area contributed by atoms with Gasteiger partial charge in [-0.2, -0.15) is 5.26 Å². The number of rotatable bonds is 8. The van der Waals surface area contributed by atoms with Crippen molar-refractivity contribution >= 4 is 23.0 Å². The van der Waals surface area contributed by atoms with E-state index in [2.05, 4.69) is 65.6 Å². The highest BCUT2D eigenvalue weighted by molar-refractivity contribution is 5.96. The van der Waals surface area contributed by atoms with E-state index >= 15 is 0 Å². The van der Waals surface area contributed by atoms with E-state index < -0.39 is 0 Å². The van der Waals surface area contributed by atoms with Crippen LogP contribution in [0.5, 0.6) is 5.75 Å². The highest BCUT2D eigenvalue weighted by atomic mass is 16.5. The summed E-state index contributed by atoms with van der Waals surface area (Å²) in [4.78, 5) is 26.5. The predicted octanol–water partition coefficient (Wildman–Crippen LogP) is 8.45. The molecule has 3 aliphatic rings. The van der Waals surface area contributed by atoms with Crippen LogP contribution < -0.4 is 10.1 Å². The number of hydrogen-bond donors (Lipinski definition) is 1. The Hall–Kier alpha value is -4.41. The first kappa shape index (κ1) is 37.4. The van der Waals surface area contributed by atoms with Crippen LogP contribution in [0.15, 0.2) is 72.4 Å². The van der Waals surface area contributed by atoms with Gasteiger partial charge in [0.25, 0.3) is 5.91 Å². The van der Waals surface area contributed by atoms with Crippen molar-refractivity contribution in [1.82, 2.24) is 10.2 Å². The molecule has 7 heteroatoms. The Morgan fingerprint density at radius 2 is 1.73 bits per heavy atom. The maximum Gasteiger partial charge on any atom is 0.251 e. The Kier molecular flexibility index (Phi) is 12.5. The monoisotopic (exact) mass is 663 g/mol. The lowest BCUT2D eigenvalue weighted by molar-refractivity contribution is -0.127. The normalized spacial score (nSPS) is 19.9. The number of carbonyl (C=O) groups excluding carboxylic acids is 2. The zero-order valence-electron chi connectivity index (χ0n) is 30.6. The third-order valence-corrected chi connectivity index (χ3v) is 8.91. The van der Waals surface area contributed by atoms with E-state index in [1.165, 1.54) is 11.1 Å². The van der Waals surface area contributed by atoms with E-state index in [-0.39, 0.29) is 29.9 Å². The number of aryl methyl sites for hydroxylation is 1. The van der Waals surface area contributed by atoms with E-state index in [9.17, 15) is 14.9 Å². The lowest BCUT2D eigenvalue weighted by Crippen LogP contribution is -2.38. The zero-order valence-corrected chi connectivity index (χ0v) is 30.6. The van der Waals surface area contributed by atoms with Gasteiger partial charge in [-0.3, -0.25) is 9.59 Å². The van der Waals surface area contributed by atoms with E-state index in [1.807, 2.05) is 49.4 Å². The van der Waals surface area contributed by atoms with E-state index in [0.717, 1.165) is 47.1 Å². The molecule has 2 atom stereocenters. The molecule has 2 fully saturated rings. The highest BCUT2D eigenvalue weighted by Gasteiger charge is 2.29. The van der Waals surface area contributed by atoms with Crippen LogP contribution in [0.3, 0.4) is 0 Å². The molecule has 1 aliphatic carbocycles. The van der Waals surface area contributed by atoms with E-state index in [0.29, 0.717) is 48.6 Å². The fourth-order valence-corrected chi connectivity index (χ4v) is 6.57. The predicted molar refractivity (Wildman–Crippen MR) is 198 cm³/mol. The summed E-state index contributed by atoms with van der Waals surface area (Å²) in [7, 11) is 0. The Labute approximate surface area is 293 Å². The van der Waals surface area contributed by atoms with Gasteiger partial charge in [0, 0.05) is 50.4 Å². The van der Waals surface area contributed by atoms with Crippen LogP contribution in [0.25, 0.3) is 11.1 Å². The maximum absolute atomic E-state index is 13.0. The van der Waals surface area contributed by atoms with Crippen LogP contribution in [0.2, 0.25) is 0 Å². The van der Waals surface area contributed by atoms with Gasteiger partial charge in [0.05, 0.1) is 18.8 Å². The number of amides is 2. The zero-order chi connectivity index (χ0) is 35.9. The maximum atomic E-state index is 13.0. The molecule has 0 aromatic heterocycles. The second-order valence-electron chi connectivity index (χ2n) is 14.9. The highest BCUT2D eigenvalue weighted by Crippen LogP contribution is 2.45. The first-order valence-electron chi connectivity index (χ1n) is 17.4. The summed E-state index contributed by atoms with van der Waals surface area (Å²) in [6, 6.07) is 14.0. The van der Waals surface area contributed by atoms with Gasteiger partial charge < -0.3 is 19.7 Å². The molecule has 0 saturated carbocycles. The Balaban J connectivity index is 0.00000101. The average Bonchev–Trinajstić information content (AvgIpc) is 3.63. The third kappa shape index (κ3) is 9.83. The van der Waals surface area contributed by atoms with Gasteiger partial charge in [-0.15, -0.1) is 0 Å². The van der Waals surface area contributed by atoms with Crippen LogP contribution in [0, 0.1) is 29.6 Å². The molecule has 1 N–H and O–H groups in total. The topological polar surface area (TPSA) is 91.7 Å². The van der Waals surface area contributed by atoms with Crippen molar-refractivity contribution in [3.8, 4) is 11.8 Å². The molecule has 49 heavy (non-hydrogen) atoms. The second kappa shape index (κ2) is 16.3. The van der Waals surface area contributed by atoms with Crippen molar-refractivity contribution in [2.24, 2.45) is 11.3 Å². The van der Waals surface area contributed by atoms with Crippen molar-refractivity contribution < 1.29 is 19.1 Å². The van der Waals surface area contributed by atoms with Crippen LogP contribution in [0.1, 0.15) is 100 Å². The average molecular weight is 664 g/mol. The number of nitrogens with zero attached hydrogens (tertiary/aromatic N) is 2. The molecule has 0 spiro atoms. The molecule has 0 radical (unpaired) electrons. The molecule has 2 saturated heterocycles. The first-order valence-corrected chi connectivity index (χ1v) is 17.4. The number of allylic oxidation sites excluding steroid dienone is 7. The third-order valence-electron chi connectivity index (χ3n) is 8.91. The number of nitrogens with one attached hydrogen (secondary N) is 1. The standard InChI is InChI=1S/C37H41N3O4.C5H12/c1-6-7-33(27-9-11-35(29(20-27)21-38)44-31-13-16-43-17-14-31)36-24(3)19-34(25(36)4)32-10-8-28(18-23(32)2)37(42)39-30-12-15-40(22-30)26(5)41;1-5(2,3)4/h6-11,18-20,25,30-31H,1,12-17,22H2,2-5H3,(H,39,42);1-4H3/b33-7-;. The SMILES string of the molecule is C=C/C=C(\C1=C(C)C=C(c2ccc(C(=O)NC3CCN(C(C)=O)C3)cc2C)C1C)c1ccc(OC2CCOCC2)c(C#N)c1.CC(C)(C)C. The largest absolute Gasteiger partial charge is 0.489 e. The van der Waals surface area contributed by atoms with Gasteiger partial charge in [-0.05, 0) is 88.9 Å². The van der Waals surface area contributed by atoms with E-state index in [1.54, 1.807) is 17.9 Å². The minimum absolute atomic E-state index is 0.0301. The molecule has 2 aliphatic heterocycles. The smallest absolute Gasteiger partial charge is 0.251 e. The van der Waals surface area contributed by atoms with Crippen molar-refractivity contribution in [1.29, 1.82) is 5.26 Å². The summed E-state index contributed by atoms with van der Waals surface area (Å²) in [5, 5.41) is 13.1. The summed E-state index contributed by atoms with van der Waals surface area (Å²) in [5.41, 5.74) is 9.23. The fourth-order valence-electron chi connectivity index (χ4n) is 6.57. The number of benzene rings is 2. The Bertz CT molecular complexity index is 1690. The molecule has 5 rings (SSSR count). The van der Waals surface area contributed by atoms with E-state index in [4.69, 9.17) is 9.47 Å². The minimum atomic E-state index is -0.118.